The first-order valence-electron chi connectivity index (χ1n) is 6.01. The fourth-order valence-electron chi connectivity index (χ4n) is 2.00. The molecular formula is C11H16N2O4S2. The van der Waals surface area contributed by atoms with Gasteiger partial charge in [0, 0.05) is 13.1 Å². The van der Waals surface area contributed by atoms with Gasteiger partial charge >= 0.3 is 5.97 Å². The number of rotatable bonds is 4. The Hall–Kier alpha value is -0.960. The van der Waals surface area contributed by atoms with Crippen molar-refractivity contribution in [1.82, 2.24) is 9.84 Å². The maximum Gasteiger partial charge on any atom is 0.346 e. The minimum absolute atomic E-state index is 0.0490. The third-order valence-electron chi connectivity index (χ3n) is 2.96. The molecule has 19 heavy (non-hydrogen) atoms. The predicted molar refractivity (Wildman–Crippen MR) is 71.8 cm³/mol. The Labute approximate surface area is 116 Å². The molecule has 1 fully saturated rings. The third kappa shape index (κ3) is 3.33. The average molecular weight is 304 g/mol. The Morgan fingerprint density at radius 2 is 2.00 bits per heavy atom. The standard InChI is InChI=1S/C11H16N2O4S2/c1-8-7-9(18-10(8)11(14)15)19(16,17)12-13-5-3-2-4-6-13/h7,12H,2-6H2,1H3,(H,14,15). The van der Waals surface area contributed by atoms with Crippen LogP contribution in [0.1, 0.15) is 34.5 Å². The number of thiophene rings is 1. The molecule has 0 aromatic carbocycles. The van der Waals surface area contributed by atoms with Gasteiger partial charge in [-0.1, -0.05) is 6.42 Å². The van der Waals surface area contributed by atoms with Gasteiger partial charge in [-0.2, -0.15) is 0 Å². The van der Waals surface area contributed by atoms with Crippen molar-refractivity contribution in [1.29, 1.82) is 0 Å². The molecule has 0 spiro atoms. The number of hydrogen-bond donors (Lipinski definition) is 2. The summed E-state index contributed by atoms with van der Waals surface area (Å²) in [6.07, 6.45) is 3.04. The SMILES string of the molecule is Cc1cc(S(=O)(=O)NN2CCCCC2)sc1C(=O)O. The van der Waals surface area contributed by atoms with Crippen LogP contribution in [0.4, 0.5) is 0 Å². The van der Waals surface area contributed by atoms with E-state index in [9.17, 15) is 13.2 Å². The number of carboxylic acids is 1. The lowest BCUT2D eigenvalue weighted by atomic mass is 10.2. The first-order valence-corrected chi connectivity index (χ1v) is 8.31. The smallest absolute Gasteiger partial charge is 0.346 e. The molecule has 0 radical (unpaired) electrons. The van der Waals surface area contributed by atoms with Gasteiger partial charge < -0.3 is 5.11 Å². The van der Waals surface area contributed by atoms with Crippen molar-refractivity contribution in [2.45, 2.75) is 30.4 Å². The van der Waals surface area contributed by atoms with Gasteiger partial charge in [0.15, 0.2) is 0 Å². The second kappa shape index (κ2) is 5.58. The zero-order valence-electron chi connectivity index (χ0n) is 10.5. The lowest BCUT2D eigenvalue weighted by Crippen LogP contribution is -2.44. The summed E-state index contributed by atoms with van der Waals surface area (Å²) >= 11 is 0.786. The second-order valence-electron chi connectivity index (χ2n) is 4.53. The Morgan fingerprint density at radius 3 is 2.53 bits per heavy atom. The van der Waals surface area contributed by atoms with E-state index >= 15 is 0 Å². The lowest BCUT2D eigenvalue weighted by Gasteiger charge is -2.26. The molecule has 1 aliphatic heterocycles. The minimum atomic E-state index is -3.66. The van der Waals surface area contributed by atoms with E-state index in [0.29, 0.717) is 18.7 Å². The van der Waals surface area contributed by atoms with Gasteiger partial charge in [0.05, 0.1) is 0 Å². The van der Waals surface area contributed by atoms with Gasteiger partial charge in [0.2, 0.25) is 0 Å². The molecule has 8 heteroatoms. The number of aromatic carboxylic acids is 1. The van der Waals surface area contributed by atoms with Crippen LogP contribution in [-0.4, -0.2) is 37.6 Å². The molecular weight excluding hydrogens is 288 g/mol. The van der Waals surface area contributed by atoms with Gasteiger partial charge in [0.1, 0.15) is 9.09 Å². The van der Waals surface area contributed by atoms with E-state index < -0.39 is 16.0 Å². The summed E-state index contributed by atoms with van der Waals surface area (Å²) in [5.74, 6) is -1.10. The molecule has 1 saturated heterocycles. The quantitative estimate of drug-likeness (QED) is 0.879. The van der Waals surface area contributed by atoms with E-state index in [1.165, 1.54) is 6.07 Å². The molecule has 1 aromatic rings. The third-order valence-corrected chi connectivity index (χ3v) is 6.03. The molecule has 0 unspecified atom stereocenters. The summed E-state index contributed by atoms with van der Waals surface area (Å²) in [6.45, 7) is 2.98. The molecule has 0 bridgehead atoms. The number of piperidine rings is 1. The summed E-state index contributed by atoms with van der Waals surface area (Å²) < 4.78 is 24.4. The fraction of sp³-hybridized carbons (Fsp3) is 0.545. The number of carbonyl (C=O) groups is 1. The second-order valence-corrected chi connectivity index (χ2v) is 7.47. The van der Waals surface area contributed by atoms with Crippen LogP contribution in [-0.2, 0) is 10.0 Å². The molecule has 2 heterocycles. The van der Waals surface area contributed by atoms with Crippen LogP contribution in [0.2, 0.25) is 0 Å². The first kappa shape index (κ1) is 14.4. The lowest BCUT2D eigenvalue weighted by molar-refractivity contribution is 0.0701. The molecule has 6 nitrogen and oxygen atoms in total. The summed E-state index contributed by atoms with van der Waals surface area (Å²) in [5, 5.41) is 10.6. The summed E-state index contributed by atoms with van der Waals surface area (Å²) in [5.41, 5.74) is 0.469. The molecule has 0 atom stereocenters. The van der Waals surface area contributed by atoms with Crippen molar-refractivity contribution in [3.63, 3.8) is 0 Å². The number of hydrogen-bond acceptors (Lipinski definition) is 5. The highest BCUT2D eigenvalue weighted by molar-refractivity contribution is 7.91. The van der Waals surface area contributed by atoms with Crippen molar-refractivity contribution < 1.29 is 18.3 Å². The van der Waals surface area contributed by atoms with Gasteiger partial charge in [-0.3, -0.25) is 0 Å². The average Bonchev–Trinajstić information content (AvgIpc) is 2.73. The Morgan fingerprint density at radius 1 is 1.37 bits per heavy atom. The van der Waals surface area contributed by atoms with Crippen LogP contribution in [0, 0.1) is 6.92 Å². The van der Waals surface area contributed by atoms with Gasteiger partial charge in [0.25, 0.3) is 10.0 Å². The Balaban J connectivity index is 2.19. The highest BCUT2D eigenvalue weighted by Crippen LogP contribution is 2.26. The van der Waals surface area contributed by atoms with E-state index in [1.54, 1.807) is 11.9 Å². The molecule has 1 aromatic heterocycles. The van der Waals surface area contributed by atoms with Crippen molar-refractivity contribution in [2.24, 2.45) is 0 Å². The zero-order valence-corrected chi connectivity index (χ0v) is 12.2. The topological polar surface area (TPSA) is 86.7 Å². The normalized spacial score (nSPS) is 17.5. The van der Waals surface area contributed by atoms with E-state index in [4.69, 9.17) is 5.11 Å². The van der Waals surface area contributed by atoms with E-state index in [0.717, 1.165) is 30.6 Å². The van der Waals surface area contributed by atoms with Crippen molar-refractivity contribution in [3.8, 4) is 0 Å². The van der Waals surface area contributed by atoms with E-state index in [-0.39, 0.29) is 9.09 Å². The number of sulfonamides is 1. The van der Waals surface area contributed by atoms with Crippen molar-refractivity contribution >= 4 is 27.3 Å². The fourth-order valence-corrected chi connectivity index (χ4v) is 4.49. The first-order chi connectivity index (χ1) is 8.90. The monoisotopic (exact) mass is 304 g/mol. The maximum atomic E-state index is 12.2. The Bertz CT molecular complexity index is 574. The number of aryl methyl sites for hydroxylation is 1. The van der Waals surface area contributed by atoms with Crippen LogP contribution < -0.4 is 4.83 Å². The molecule has 0 saturated carbocycles. The molecule has 0 amide bonds. The summed E-state index contributed by atoms with van der Waals surface area (Å²) in [7, 11) is -3.66. The summed E-state index contributed by atoms with van der Waals surface area (Å²) in [4.78, 5) is 13.5. The van der Waals surface area contributed by atoms with Crippen LogP contribution in [0.15, 0.2) is 10.3 Å². The maximum absolute atomic E-state index is 12.2. The summed E-state index contributed by atoms with van der Waals surface area (Å²) in [6, 6.07) is 1.40. The molecule has 2 N–H and O–H groups in total. The minimum Gasteiger partial charge on any atom is -0.477 e. The van der Waals surface area contributed by atoms with Crippen LogP contribution in [0.3, 0.4) is 0 Å². The highest BCUT2D eigenvalue weighted by Gasteiger charge is 2.24. The van der Waals surface area contributed by atoms with Gasteiger partial charge in [-0.25, -0.2) is 18.2 Å². The zero-order chi connectivity index (χ0) is 14.0. The van der Waals surface area contributed by atoms with Gasteiger partial charge in [-0.05, 0) is 31.4 Å². The van der Waals surface area contributed by atoms with Crippen molar-refractivity contribution in [2.75, 3.05) is 13.1 Å². The van der Waals surface area contributed by atoms with E-state index in [2.05, 4.69) is 4.83 Å². The number of carboxylic acid groups (broad SMARTS) is 1. The largest absolute Gasteiger partial charge is 0.477 e. The number of nitrogens with one attached hydrogen (secondary N) is 1. The van der Waals surface area contributed by atoms with E-state index in [1.807, 2.05) is 0 Å². The number of hydrazine groups is 1. The van der Waals surface area contributed by atoms with Crippen molar-refractivity contribution in [3.05, 3.63) is 16.5 Å². The highest BCUT2D eigenvalue weighted by atomic mass is 32.2. The van der Waals surface area contributed by atoms with Gasteiger partial charge in [-0.15, -0.1) is 16.2 Å². The molecule has 1 aliphatic rings. The molecule has 0 aliphatic carbocycles. The Kier molecular flexibility index (Phi) is 4.24. The van der Waals surface area contributed by atoms with Crippen LogP contribution in [0.5, 0.6) is 0 Å². The molecule has 2 rings (SSSR count). The van der Waals surface area contributed by atoms with Crippen LogP contribution in [0.25, 0.3) is 0 Å². The molecule has 106 valence electrons. The van der Waals surface area contributed by atoms with Crippen LogP contribution >= 0.6 is 11.3 Å². The number of nitrogens with zero attached hydrogens (tertiary/aromatic N) is 1. The predicted octanol–water partition coefficient (Wildman–Crippen LogP) is 1.43.